The van der Waals surface area contributed by atoms with Crippen molar-refractivity contribution < 1.29 is 9.53 Å². The van der Waals surface area contributed by atoms with Gasteiger partial charge in [-0.15, -0.1) is 0 Å². The first-order chi connectivity index (χ1) is 5.24. The summed E-state index contributed by atoms with van der Waals surface area (Å²) in [7, 11) is 0. The van der Waals surface area contributed by atoms with Crippen molar-refractivity contribution in [3.05, 3.63) is 0 Å². The van der Waals surface area contributed by atoms with E-state index in [0.29, 0.717) is 18.8 Å². The summed E-state index contributed by atoms with van der Waals surface area (Å²) in [5.74, 6) is 0.498. The molecule has 0 N–H and O–H groups in total. The molecule has 2 heteroatoms. The van der Waals surface area contributed by atoms with Gasteiger partial charge in [-0.05, 0) is 6.42 Å². The maximum absolute atomic E-state index is 11.2. The molecule has 0 aromatic carbocycles. The third-order valence-electron chi connectivity index (χ3n) is 2.17. The number of ether oxygens (including phenoxy) is 1. The Bertz CT molecular complexity index is 142. The molecule has 0 aromatic heterocycles. The third-order valence-corrected chi connectivity index (χ3v) is 2.17. The van der Waals surface area contributed by atoms with E-state index >= 15 is 0 Å². The first-order valence-corrected chi connectivity index (χ1v) is 4.38. The molecule has 0 aromatic rings. The average Bonchev–Trinajstić information content (AvgIpc) is 1.98. The van der Waals surface area contributed by atoms with E-state index in [1.54, 1.807) is 0 Å². The highest BCUT2D eigenvalue weighted by molar-refractivity contribution is 5.81. The summed E-state index contributed by atoms with van der Waals surface area (Å²) in [6, 6.07) is 0. The van der Waals surface area contributed by atoms with E-state index in [2.05, 4.69) is 6.92 Å². The van der Waals surface area contributed by atoms with Crippen molar-refractivity contribution >= 4 is 5.78 Å². The number of hydrogen-bond acceptors (Lipinski definition) is 2. The Balaban J connectivity index is 2.34. The van der Waals surface area contributed by atoms with Gasteiger partial charge in [-0.1, -0.05) is 20.3 Å². The van der Waals surface area contributed by atoms with E-state index in [4.69, 9.17) is 4.74 Å². The first kappa shape index (κ1) is 8.72. The quantitative estimate of drug-likeness (QED) is 0.609. The zero-order valence-electron chi connectivity index (χ0n) is 7.30. The van der Waals surface area contributed by atoms with Crippen LogP contribution in [0, 0.1) is 5.92 Å². The van der Waals surface area contributed by atoms with Crippen molar-refractivity contribution in [3.63, 3.8) is 0 Å². The Morgan fingerprint density at radius 3 is 2.91 bits per heavy atom. The van der Waals surface area contributed by atoms with Gasteiger partial charge in [-0.2, -0.15) is 0 Å². The highest BCUT2D eigenvalue weighted by Gasteiger charge is 2.24. The van der Waals surface area contributed by atoms with Gasteiger partial charge in [0.2, 0.25) is 0 Å². The van der Waals surface area contributed by atoms with Crippen LogP contribution >= 0.6 is 0 Å². The molecule has 2 nitrogen and oxygen atoms in total. The van der Waals surface area contributed by atoms with Gasteiger partial charge in [0.15, 0.2) is 0 Å². The van der Waals surface area contributed by atoms with Crippen molar-refractivity contribution in [1.82, 2.24) is 0 Å². The molecule has 1 aliphatic rings. The minimum absolute atomic E-state index is 0.128. The van der Waals surface area contributed by atoms with Gasteiger partial charge in [0.25, 0.3) is 0 Å². The lowest BCUT2D eigenvalue weighted by Gasteiger charge is -2.25. The summed E-state index contributed by atoms with van der Waals surface area (Å²) in [6.45, 7) is 4.68. The van der Waals surface area contributed by atoms with Crippen LogP contribution in [-0.2, 0) is 9.53 Å². The number of Topliss-reactive ketones (excluding diaryl/α,β-unsaturated/α-hetero) is 1. The van der Waals surface area contributed by atoms with E-state index < -0.39 is 0 Å². The fourth-order valence-corrected chi connectivity index (χ4v) is 1.37. The molecule has 2 unspecified atom stereocenters. The zero-order chi connectivity index (χ0) is 8.27. The molecule has 0 aliphatic carbocycles. The van der Waals surface area contributed by atoms with Gasteiger partial charge in [-0.25, -0.2) is 0 Å². The molecule has 11 heavy (non-hydrogen) atoms. The predicted molar refractivity (Wildman–Crippen MR) is 43.4 cm³/mol. The molecular weight excluding hydrogens is 140 g/mol. The maximum atomic E-state index is 11.2. The molecule has 1 rings (SSSR count). The Morgan fingerprint density at radius 1 is 1.64 bits per heavy atom. The van der Waals surface area contributed by atoms with Crippen LogP contribution in [0.2, 0.25) is 0 Å². The summed E-state index contributed by atoms with van der Waals surface area (Å²) >= 11 is 0. The lowest BCUT2D eigenvalue weighted by atomic mass is 9.97. The summed E-state index contributed by atoms with van der Waals surface area (Å²) in [6.07, 6.45) is 2.98. The normalized spacial score (nSPS) is 32.4. The first-order valence-electron chi connectivity index (χ1n) is 4.38. The lowest BCUT2D eigenvalue weighted by molar-refractivity contribution is -0.134. The maximum Gasteiger partial charge on any atom is 0.140 e. The Hall–Kier alpha value is -0.370. The molecule has 0 radical (unpaired) electrons. The minimum atomic E-state index is 0.128. The van der Waals surface area contributed by atoms with Gasteiger partial charge >= 0.3 is 0 Å². The molecule has 1 saturated heterocycles. The molecule has 1 fully saturated rings. The van der Waals surface area contributed by atoms with Crippen LogP contribution in [0.4, 0.5) is 0 Å². The minimum Gasteiger partial charge on any atom is -0.377 e. The predicted octanol–water partition coefficient (Wildman–Crippen LogP) is 1.78. The SMILES string of the molecule is CCCC1CC(=O)C(C)CO1. The standard InChI is InChI=1S/C9H16O2/c1-3-4-8-5-9(10)7(2)6-11-8/h7-8H,3-6H2,1-2H3. The summed E-state index contributed by atoms with van der Waals surface area (Å²) in [4.78, 5) is 11.2. The van der Waals surface area contributed by atoms with Gasteiger partial charge < -0.3 is 4.74 Å². The van der Waals surface area contributed by atoms with Gasteiger partial charge in [-0.3, -0.25) is 4.79 Å². The zero-order valence-corrected chi connectivity index (χ0v) is 7.30. The Kier molecular flexibility index (Phi) is 3.06. The van der Waals surface area contributed by atoms with E-state index in [1.165, 1.54) is 0 Å². The second-order valence-electron chi connectivity index (χ2n) is 3.32. The van der Waals surface area contributed by atoms with Crippen LogP contribution in [0.5, 0.6) is 0 Å². The molecule has 1 aliphatic heterocycles. The van der Waals surface area contributed by atoms with Gasteiger partial charge in [0, 0.05) is 12.3 Å². The largest absolute Gasteiger partial charge is 0.377 e. The number of ketones is 1. The fraction of sp³-hybridized carbons (Fsp3) is 0.889. The van der Waals surface area contributed by atoms with Crippen molar-refractivity contribution in [1.29, 1.82) is 0 Å². The number of carbonyl (C=O) groups excluding carboxylic acids is 1. The van der Waals surface area contributed by atoms with Crippen molar-refractivity contribution in [2.45, 2.75) is 39.2 Å². The van der Waals surface area contributed by atoms with Crippen LogP contribution in [-0.4, -0.2) is 18.5 Å². The monoisotopic (exact) mass is 156 g/mol. The molecule has 0 saturated carbocycles. The highest BCUT2D eigenvalue weighted by atomic mass is 16.5. The van der Waals surface area contributed by atoms with Crippen LogP contribution < -0.4 is 0 Å². The second kappa shape index (κ2) is 3.86. The molecule has 0 spiro atoms. The van der Waals surface area contributed by atoms with E-state index in [1.807, 2.05) is 6.92 Å². The van der Waals surface area contributed by atoms with Crippen molar-refractivity contribution in [2.24, 2.45) is 5.92 Å². The average molecular weight is 156 g/mol. The Labute approximate surface area is 67.9 Å². The lowest BCUT2D eigenvalue weighted by Crippen LogP contribution is -2.32. The molecule has 1 heterocycles. The Morgan fingerprint density at radius 2 is 2.36 bits per heavy atom. The number of rotatable bonds is 2. The number of hydrogen-bond donors (Lipinski definition) is 0. The van der Waals surface area contributed by atoms with Crippen LogP contribution in [0.1, 0.15) is 33.1 Å². The fourth-order valence-electron chi connectivity index (χ4n) is 1.37. The van der Waals surface area contributed by atoms with Gasteiger partial charge in [0.1, 0.15) is 5.78 Å². The molecule has 0 bridgehead atoms. The molecule has 64 valence electrons. The smallest absolute Gasteiger partial charge is 0.140 e. The van der Waals surface area contributed by atoms with E-state index in [0.717, 1.165) is 12.8 Å². The third kappa shape index (κ3) is 2.29. The number of carbonyl (C=O) groups is 1. The van der Waals surface area contributed by atoms with Crippen LogP contribution in [0.3, 0.4) is 0 Å². The molecular formula is C9H16O2. The molecule has 0 amide bonds. The summed E-state index contributed by atoms with van der Waals surface area (Å²) in [5.41, 5.74) is 0. The highest BCUT2D eigenvalue weighted by Crippen LogP contribution is 2.18. The van der Waals surface area contributed by atoms with Crippen molar-refractivity contribution in [3.8, 4) is 0 Å². The summed E-state index contributed by atoms with van der Waals surface area (Å²) in [5, 5.41) is 0. The van der Waals surface area contributed by atoms with Crippen LogP contribution in [0.25, 0.3) is 0 Å². The van der Waals surface area contributed by atoms with E-state index in [-0.39, 0.29) is 12.0 Å². The van der Waals surface area contributed by atoms with E-state index in [9.17, 15) is 4.79 Å². The van der Waals surface area contributed by atoms with Gasteiger partial charge in [0.05, 0.1) is 12.7 Å². The topological polar surface area (TPSA) is 26.3 Å². The summed E-state index contributed by atoms with van der Waals surface area (Å²) < 4.78 is 5.48. The molecule has 2 atom stereocenters. The van der Waals surface area contributed by atoms with Crippen molar-refractivity contribution in [2.75, 3.05) is 6.61 Å². The van der Waals surface area contributed by atoms with Crippen LogP contribution in [0.15, 0.2) is 0 Å². The second-order valence-corrected chi connectivity index (χ2v) is 3.32.